The molecule has 1 saturated heterocycles. The van der Waals surface area contributed by atoms with Crippen LogP contribution in [0.1, 0.15) is 11.3 Å². The first kappa shape index (κ1) is 22.3. The van der Waals surface area contributed by atoms with Crippen molar-refractivity contribution in [2.24, 2.45) is 0 Å². The van der Waals surface area contributed by atoms with Gasteiger partial charge in [0.15, 0.2) is 10.8 Å². The zero-order chi connectivity index (χ0) is 23.8. The van der Waals surface area contributed by atoms with Crippen LogP contribution in [0.4, 0.5) is 15.2 Å². The summed E-state index contributed by atoms with van der Waals surface area (Å²) in [6, 6.07) is 14.7. The second-order valence-corrected chi connectivity index (χ2v) is 9.66. The molecule has 5 rings (SSSR count). The predicted octanol–water partition coefficient (Wildman–Crippen LogP) is 4.02. The van der Waals surface area contributed by atoms with Crippen molar-refractivity contribution in [1.82, 2.24) is 19.7 Å². The number of aromatic nitrogens is 3. The van der Waals surface area contributed by atoms with E-state index in [1.165, 1.54) is 12.1 Å². The first-order valence-corrected chi connectivity index (χ1v) is 12.1. The van der Waals surface area contributed by atoms with Crippen molar-refractivity contribution in [3.8, 4) is 5.69 Å². The molecular formula is C25H27FN6OS. The summed E-state index contributed by atoms with van der Waals surface area (Å²) < 4.78 is 16.1. The second-order valence-electron chi connectivity index (χ2n) is 8.69. The SMILES string of the molecule is Cc1cccc(-n2nc(C)c3sc(N(C)CC(=O)N4CCN(c5ccc(F)cc5)CC4)nc32)c1. The topological polar surface area (TPSA) is 57.5 Å². The molecule has 1 amide bonds. The Hall–Kier alpha value is -3.46. The smallest absolute Gasteiger partial charge is 0.242 e. The molecule has 34 heavy (non-hydrogen) atoms. The van der Waals surface area contributed by atoms with E-state index >= 15 is 0 Å². The fourth-order valence-electron chi connectivity index (χ4n) is 4.26. The number of thiazole rings is 1. The number of carbonyl (C=O) groups excluding carboxylic acids is 1. The normalized spacial score (nSPS) is 14.1. The summed E-state index contributed by atoms with van der Waals surface area (Å²) in [4.78, 5) is 23.8. The predicted molar refractivity (Wildman–Crippen MR) is 135 cm³/mol. The van der Waals surface area contributed by atoms with Crippen LogP contribution in [-0.4, -0.2) is 65.3 Å². The Kier molecular flexibility index (Phi) is 5.95. The highest BCUT2D eigenvalue weighted by Crippen LogP contribution is 2.32. The number of likely N-dealkylation sites (N-methyl/N-ethyl adjacent to an activating group) is 1. The van der Waals surface area contributed by atoms with Gasteiger partial charge in [-0.25, -0.2) is 9.07 Å². The largest absolute Gasteiger partial charge is 0.368 e. The third-order valence-electron chi connectivity index (χ3n) is 6.15. The molecule has 0 spiro atoms. The van der Waals surface area contributed by atoms with Crippen LogP contribution in [0.2, 0.25) is 0 Å². The molecule has 1 fully saturated rings. The van der Waals surface area contributed by atoms with Crippen LogP contribution >= 0.6 is 11.3 Å². The summed E-state index contributed by atoms with van der Waals surface area (Å²) in [5, 5.41) is 5.48. The van der Waals surface area contributed by atoms with Gasteiger partial charge < -0.3 is 14.7 Å². The summed E-state index contributed by atoms with van der Waals surface area (Å²) in [7, 11) is 1.91. The van der Waals surface area contributed by atoms with Gasteiger partial charge in [0.25, 0.3) is 0 Å². The third-order valence-corrected chi connectivity index (χ3v) is 7.41. The lowest BCUT2D eigenvalue weighted by molar-refractivity contribution is -0.129. The molecule has 176 valence electrons. The van der Waals surface area contributed by atoms with Gasteiger partial charge in [-0.3, -0.25) is 4.79 Å². The standard InChI is InChI=1S/C25H27FN6OS/c1-17-5-4-6-21(15-17)32-24-23(18(2)28-32)34-25(27-24)29(3)16-22(33)31-13-11-30(12-14-31)20-9-7-19(26)8-10-20/h4-10,15H,11-14,16H2,1-3H3. The molecule has 9 heteroatoms. The van der Waals surface area contributed by atoms with E-state index in [2.05, 4.69) is 29.1 Å². The Morgan fingerprint density at radius 1 is 1.06 bits per heavy atom. The highest BCUT2D eigenvalue weighted by Gasteiger charge is 2.24. The number of aryl methyl sites for hydroxylation is 2. The summed E-state index contributed by atoms with van der Waals surface area (Å²) in [5.74, 6) is -0.158. The van der Waals surface area contributed by atoms with Gasteiger partial charge in [0.1, 0.15) is 5.82 Å². The number of piperazine rings is 1. The van der Waals surface area contributed by atoms with Gasteiger partial charge >= 0.3 is 0 Å². The van der Waals surface area contributed by atoms with Crippen molar-refractivity contribution in [1.29, 1.82) is 0 Å². The number of rotatable bonds is 5. The van der Waals surface area contributed by atoms with Crippen molar-refractivity contribution in [2.45, 2.75) is 13.8 Å². The first-order chi connectivity index (χ1) is 16.4. The average Bonchev–Trinajstić information content (AvgIpc) is 3.40. The number of carbonyl (C=O) groups is 1. The number of nitrogens with zero attached hydrogens (tertiary/aromatic N) is 6. The van der Waals surface area contributed by atoms with Crippen LogP contribution in [-0.2, 0) is 4.79 Å². The Morgan fingerprint density at radius 2 is 1.79 bits per heavy atom. The molecule has 3 heterocycles. The number of anilines is 2. The average molecular weight is 479 g/mol. The Labute approximate surface area is 202 Å². The van der Waals surface area contributed by atoms with Gasteiger partial charge in [-0.15, -0.1) is 0 Å². The molecule has 0 atom stereocenters. The minimum Gasteiger partial charge on any atom is -0.368 e. The highest BCUT2D eigenvalue weighted by atomic mass is 32.1. The van der Waals surface area contributed by atoms with E-state index in [4.69, 9.17) is 4.98 Å². The number of amides is 1. The molecule has 1 aliphatic rings. The van der Waals surface area contributed by atoms with Gasteiger partial charge in [-0.1, -0.05) is 23.5 Å². The quantitative estimate of drug-likeness (QED) is 0.434. The molecule has 7 nitrogen and oxygen atoms in total. The summed E-state index contributed by atoms with van der Waals surface area (Å²) in [6.45, 7) is 7.06. The lowest BCUT2D eigenvalue weighted by atomic mass is 10.2. The number of halogens is 1. The molecule has 0 N–H and O–H groups in total. The Balaban J connectivity index is 1.26. The summed E-state index contributed by atoms with van der Waals surface area (Å²) in [6.07, 6.45) is 0. The molecule has 4 aromatic rings. The molecule has 0 bridgehead atoms. The van der Waals surface area contributed by atoms with E-state index in [9.17, 15) is 9.18 Å². The molecule has 0 radical (unpaired) electrons. The fourth-order valence-corrected chi connectivity index (χ4v) is 5.21. The van der Waals surface area contributed by atoms with E-state index in [1.54, 1.807) is 23.5 Å². The van der Waals surface area contributed by atoms with Crippen LogP contribution in [0.5, 0.6) is 0 Å². The van der Waals surface area contributed by atoms with E-state index in [0.717, 1.165) is 51.2 Å². The minimum atomic E-state index is -0.239. The lowest BCUT2D eigenvalue weighted by Gasteiger charge is -2.36. The molecule has 0 unspecified atom stereocenters. The van der Waals surface area contributed by atoms with Crippen molar-refractivity contribution < 1.29 is 9.18 Å². The third kappa shape index (κ3) is 4.35. The molecule has 2 aromatic heterocycles. The maximum atomic E-state index is 13.2. The lowest BCUT2D eigenvalue weighted by Crippen LogP contribution is -2.51. The van der Waals surface area contributed by atoms with E-state index in [1.807, 2.05) is 40.6 Å². The van der Waals surface area contributed by atoms with Crippen LogP contribution in [0.25, 0.3) is 16.0 Å². The molecule has 2 aromatic carbocycles. The first-order valence-electron chi connectivity index (χ1n) is 11.3. The fraction of sp³-hybridized carbons (Fsp3) is 0.320. The molecule has 1 aliphatic heterocycles. The number of benzene rings is 2. The highest BCUT2D eigenvalue weighted by molar-refractivity contribution is 7.22. The second kappa shape index (κ2) is 9.06. The number of hydrogen-bond donors (Lipinski definition) is 0. The van der Waals surface area contributed by atoms with Gasteiger partial charge in [-0.05, 0) is 55.8 Å². The maximum Gasteiger partial charge on any atom is 0.242 e. The van der Waals surface area contributed by atoms with E-state index in [-0.39, 0.29) is 18.3 Å². The van der Waals surface area contributed by atoms with Gasteiger partial charge in [0, 0.05) is 38.9 Å². The van der Waals surface area contributed by atoms with Crippen LogP contribution in [0.15, 0.2) is 48.5 Å². The molecule has 0 aliphatic carbocycles. The zero-order valence-electron chi connectivity index (χ0n) is 19.5. The minimum absolute atomic E-state index is 0.0811. The van der Waals surface area contributed by atoms with Crippen molar-refractivity contribution in [3.05, 3.63) is 65.6 Å². The van der Waals surface area contributed by atoms with E-state index < -0.39 is 0 Å². The van der Waals surface area contributed by atoms with Crippen molar-refractivity contribution in [3.63, 3.8) is 0 Å². The maximum absolute atomic E-state index is 13.2. The van der Waals surface area contributed by atoms with Gasteiger partial charge in [-0.2, -0.15) is 10.1 Å². The zero-order valence-corrected chi connectivity index (χ0v) is 20.3. The molecule has 0 saturated carbocycles. The van der Waals surface area contributed by atoms with Gasteiger partial charge in [0.05, 0.1) is 22.6 Å². The number of fused-ring (bicyclic) bond motifs is 1. The van der Waals surface area contributed by atoms with Crippen molar-refractivity contribution in [2.75, 3.05) is 49.6 Å². The Bertz CT molecular complexity index is 1320. The van der Waals surface area contributed by atoms with Crippen molar-refractivity contribution >= 4 is 38.4 Å². The summed E-state index contributed by atoms with van der Waals surface area (Å²) >= 11 is 1.56. The van der Waals surface area contributed by atoms with E-state index in [0.29, 0.717) is 13.1 Å². The molecular weight excluding hydrogens is 451 g/mol. The van der Waals surface area contributed by atoms with Crippen LogP contribution in [0.3, 0.4) is 0 Å². The number of hydrogen-bond acceptors (Lipinski definition) is 6. The van der Waals surface area contributed by atoms with Crippen LogP contribution in [0, 0.1) is 19.7 Å². The van der Waals surface area contributed by atoms with Gasteiger partial charge in [0.2, 0.25) is 5.91 Å². The Morgan fingerprint density at radius 3 is 2.50 bits per heavy atom. The summed E-state index contributed by atoms with van der Waals surface area (Å²) in [5.41, 5.74) is 4.87. The monoisotopic (exact) mass is 478 g/mol. The van der Waals surface area contributed by atoms with Crippen LogP contribution < -0.4 is 9.80 Å².